The van der Waals surface area contributed by atoms with Gasteiger partial charge in [0.15, 0.2) is 0 Å². The number of fused-ring (bicyclic) bond motifs is 1. The van der Waals surface area contributed by atoms with Gasteiger partial charge in [-0.25, -0.2) is 0 Å². The Hall–Kier alpha value is -1.63. The van der Waals surface area contributed by atoms with E-state index in [2.05, 4.69) is 30.5 Å². The maximum absolute atomic E-state index is 5.12. The molecule has 0 spiro atoms. The zero-order chi connectivity index (χ0) is 13.9. The molecule has 2 aliphatic rings. The Morgan fingerprint density at radius 2 is 1.95 bits per heavy atom. The van der Waals surface area contributed by atoms with Crippen LogP contribution in [0.5, 0.6) is 6.01 Å². The minimum atomic E-state index is 0.338. The summed E-state index contributed by atoms with van der Waals surface area (Å²) in [7, 11) is 3.36. The van der Waals surface area contributed by atoms with Gasteiger partial charge >= 0.3 is 6.01 Å². The molecule has 0 radical (unpaired) electrons. The first-order valence-corrected chi connectivity index (χ1v) is 7.28. The van der Waals surface area contributed by atoms with Crippen molar-refractivity contribution in [2.45, 2.75) is 37.8 Å². The highest BCUT2D eigenvalue weighted by Crippen LogP contribution is 2.29. The summed E-state index contributed by atoms with van der Waals surface area (Å²) in [5.41, 5.74) is 0. The first kappa shape index (κ1) is 13.4. The molecule has 2 fully saturated rings. The monoisotopic (exact) mass is 278 g/mol. The molecule has 110 valence electrons. The summed E-state index contributed by atoms with van der Waals surface area (Å²) >= 11 is 0. The third-order valence-corrected chi connectivity index (χ3v) is 4.19. The normalized spacial score (nSPS) is 26.1. The number of ether oxygens (including phenoxy) is 1. The first-order valence-electron chi connectivity index (χ1n) is 7.28. The van der Waals surface area contributed by atoms with Crippen LogP contribution in [0.25, 0.3) is 0 Å². The zero-order valence-electron chi connectivity index (χ0n) is 12.1. The van der Waals surface area contributed by atoms with Crippen molar-refractivity contribution in [1.82, 2.24) is 19.9 Å². The van der Waals surface area contributed by atoms with Crippen LogP contribution in [0.2, 0.25) is 0 Å². The van der Waals surface area contributed by atoms with Crippen LogP contribution in [0.15, 0.2) is 0 Å². The van der Waals surface area contributed by atoms with E-state index in [-0.39, 0.29) is 0 Å². The lowest BCUT2D eigenvalue weighted by molar-refractivity contribution is 0.192. The fourth-order valence-corrected chi connectivity index (χ4v) is 3.21. The van der Waals surface area contributed by atoms with Crippen molar-refractivity contribution < 1.29 is 4.74 Å². The molecule has 0 bridgehead atoms. The van der Waals surface area contributed by atoms with Gasteiger partial charge in [0.2, 0.25) is 11.9 Å². The predicted molar refractivity (Wildman–Crippen MR) is 77.2 cm³/mol. The second-order valence-electron chi connectivity index (χ2n) is 5.36. The molecule has 7 heteroatoms. The highest BCUT2D eigenvalue weighted by molar-refractivity contribution is 5.36. The third-order valence-electron chi connectivity index (χ3n) is 4.19. The van der Waals surface area contributed by atoms with E-state index < -0.39 is 0 Å². The number of hydrogen-bond donors (Lipinski definition) is 2. The van der Waals surface area contributed by atoms with Gasteiger partial charge in [0.1, 0.15) is 0 Å². The van der Waals surface area contributed by atoms with Crippen LogP contribution in [0.1, 0.15) is 25.7 Å². The lowest BCUT2D eigenvalue weighted by Gasteiger charge is -2.32. The van der Waals surface area contributed by atoms with Gasteiger partial charge < -0.3 is 15.4 Å². The van der Waals surface area contributed by atoms with E-state index in [0.717, 1.165) is 6.42 Å². The number of hydrogen-bond acceptors (Lipinski definition) is 7. The van der Waals surface area contributed by atoms with Crippen LogP contribution >= 0.6 is 0 Å². The summed E-state index contributed by atoms with van der Waals surface area (Å²) in [5, 5.41) is 6.40. The number of nitrogens with zero attached hydrogens (tertiary/aromatic N) is 4. The summed E-state index contributed by atoms with van der Waals surface area (Å²) in [6.07, 6.45) is 5.06. The SMILES string of the molecule is CNc1nc(NC2CCN3CCCCC23)nc(OC)n1. The average Bonchev–Trinajstić information content (AvgIpc) is 2.90. The van der Waals surface area contributed by atoms with Crippen LogP contribution in [0.4, 0.5) is 11.9 Å². The molecule has 3 rings (SSSR count). The van der Waals surface area contributed by atoms with E-state index in [0.29, 0.717) is 30.0 Å². The van der Waals surface area contributed by atoms with Crippen molar-refractivity contribution in [2.75, 3.05) is 37.9 Å². The van der Waals surface area contributed by atoms with Gasteiger partial charge in [-0.3, -0.25) is 4.90 Å². The Morgan fingerprint density at radius 3 is 2.75 bits per heavy atom. The fourth-order valence-electron chi connectivity index (χ4n) is 3.21. The van der Waals surface area contributed by atoms with E-state index in [9.17, 15) is 0 Å². The van der Waals surface area contributed by atoms with E-state index in [1.165, 1.54) is 32.4 Å². The van der Waals surface area contributed by atoms with E-state index in [1.54, 1.807) is 14.2 Å². The van der Waals surface area contributed by atoms with Gasteiger partial charge in [-0.2, -0.15) is 15.0 Å². The summed E-state index contributed by atoms with van der Waals surface area (Å²) < 4.78 is 5.12. The Morgan fingerprint density at radius 1 is 1.10 bits per heavy atom. The van der Waals surface area contributed by atoms with Crippen molar-refractivity contribution in [3.63, 3.8) is 0 Å². The van der Waals surface area contributed by atoms with Crippen molar-refractivity contribution >= 4 is 11.9 Å². The topological polar surface area (TPSA) is 75.2 Å². The summed E-state index contributed by atoms with van der Waals surface area (Å²) in [5.74, 6) is 1.12. The Balaban J connectivity index is 1.74. The second kappa shape index (κ2) is 5.78. The molecule has 7 nitrogen and oxygen atoms in total. The number of aromatic nitrogens is 3. The first-order chi connectivity index (χ1) is 9.80. The number of anilines is 2. The van der Waals surface area contributed by atoms with Crippen molar-refractivity contribution in [3.05, 3.63) is 0 Å². The summed E-state index contributed by atoms with van der Waals surface area (Å²) in [4.78, 5) is 15.3. The van der Waals surface area contributed by atoms with E-state index in [1.807, 2.05) is 0 Å². The van der Waals surface area contributed by atoms with Gasteiger partial charge in [0.05, 0.1) is 7.11 Å². The number of piperidine rings is 1. The fraction of sp³-hybridized carbons (Fsp3) is 0.769. The predicted octanol–water partition coefficient (Wildman–Crippen LogP) is 0.961. The Bertz CT molecular complexity index is 446. The molecule has 0 aromatic carbocycles. The average molecular weight is 278 g/mol. The summed E-state index contributed by atoms with van der Waals surface area (Å²) in [6, 6.07) is 1.38. The van der Waals surface area contributed by atoms with Crippen LogP contribution in [0, 0.1) is 0 Å². The molecular weight excluding hydrogens is 256 g/mol. The van der Waals surface area contributed by atoms with Gasteiger partial charge in [-0.05, 0) is 25.8 Å². The van der Waals surface area contributed by atoms with Gasteiger partial charge in [-0.1, -0.05) is 6.42 Å². The second-order valence-corrected chi connectivity index (χ2v) is 5.36. The molecule has 3 heterocycles. The van der Waals surface area contributed by atoms with E-state index in [4.69, 9.17) is 4.74 Å². The summed E-state index contributed by atoms with van der Waals surface area (Å²) in [6.45, 7) is 2.40. The molecule has 0 saturated carbocycles. The number of rotatable bonds is 4. The van der Waals surface area contributed by atoms with Crippen molar-refractivity contribution in [2.24, 2.45) is 0 Å². The highest BCUT2D eigenvalue weighted by atomic mass is 16.5. The minimum Gasteiger partial charge on any atom is -0.467 e. The molecule has 20 heavy (non-hydrogen) atoms. The van der Waals surface area contributed by atoms with Gasteiger partial charge in [-0.15, -0.1) is 0 Å². The van der Waals surface area contributed by atoms with Crippen LogP contribution in [-0.2, 0) is 0 Å². The molecule has 2 atom stereocenters. The number of methoxy groups -OCH3 is 1. The van der Waals surface area contributed by atoms with Crippen LogP contribution < -0.4 is 15.4 Å². The standard InChI is InChI=1S/C13H22N6O/c1-14-11-16-12(18-13(17-11)20-2)15-9-6-8-19-7-4-3-5-10(9)19/h9-10H,3-8H2,1-2H3,(H2,14,15,16,17,18). The molecule has 2 N–H and O–H groups in total. The van der Waals surface area contributed by atoms with Crippen LogP contribution in [-0.4, -0.2) is 59.2 Å². The largest absolute Gasteiger partial charge is 0.467 e. The van der Waals surface area contributed by atoms with E-state index >= 15 is 0 Å². The molecule has 2 saturated heterocycles. The lowest BCUT2D eigenvalue weighted by atomic mass is 9.99. The molecular formula is C13H22N6O. The maximum Gasteiger partial charge on any atom is 0.322 e. The Kier molecular flexibility index (Phi) is 3.86. The van der Waals surface area contributed by atoms with Gasteiger partial charge in [0.25, 0.3) is 0 Å². The smallest absolute Gasteiger partial charge is 0.322 e. The maximum atomic E-state index is 5.12. The Labute approximate surface area is 119 Å². The van der Waals surface area contributed by atoms with Crippen molar-refractivity contribution in [3.8, 4) is 6.01 Å². The molecule has 1 aromatic heterocycles. The van der Waals surface area contributed by atoms with Crippen LogP contribution in [0.3, 0.4) is 0 Å². The van der Waals surface area contributed by atoms with Crippen molar-refractivity contribution in [1.29, 1.82) is 0 Å². The molecule has 0 aliphatic carbocycles. The number of nitrogens with one attached hydrogen (secondary N) is 2. The van der Waals surface area contributed by atoms with Gasteiger partial charge in [0, 0.05) is 25.7 Å². The zero-order valence-corrected chi connectivity index (χ0v) is 12.1. The minimum absolute atomic E-state index is 0.338. The molecule has 2 aliphatic heterocycles. The quantitative estimate of drug-likeness (QED) is 0.849. The lowest BCUT2D eigenvalue weighted by Crippen LogP contribution is -2.42. The molecule has 0 amide bonds. The molecule has 2 unspecified atom stereocenters. The third kappa shape index (κ3) is 2.63. The highest BCUT2D eigenvalue weighted by Gasteiger charge is 2.35. The molecule has 1 aromatic rings.